The first-order valence-corrected chi connectivity index (χ1v) is 7.61. The number of rotatable bonds is 4. The van der Waals surface area contributed by atoms with Gasteiger partial charge in [-0.15, -0.1) is 0 Å². The molecule has 0 aromatic heterocycles. The van der Waals surface area contributed by atoms with Crippen molar-refractivity contribution in [2.24, 2.45) is 10.3 Å². The van der Waals surface area contributed by atoms with Crippen LogP contribution in [0.3, 0.4) is 0 Å². The Morgan fingerprint density at radius 2 is 1.91 bits per heavy atom. The zero-order valence-corrected chi connectivity index (χ0v) is 13.6. The molecule has 1 saturated heterocycles. The van der Waals surface area contributed by atoms with Gasteiger partial charge >= 0.3 is 0 Å². The van der Waals surface area contributed by atoms with Gasteiger partial charge in [0.2, 0.25) is 0 Å². The molecule has 1 aromatic carbocycles. The van der Waals surface area contributed by atoms with E-state index < -0.39 is 0 Å². The van der Waals surface area contributed by atoms with E-state index in [1.807, 2.05) is 24.3 Å². The summed E-state index contributed by atoms with van der Waals surface area (Å²) in [5, 5.41) is 24.4. The third-order valence-corrected chi connectivity index (χ3v) is 3.94. The fourth-order valence-corrected chi connectivity index (χ4v) is 2.64. The summed E-state index contributed by atoms with van der Waals surface area (Å²) in [6.45, 7) is 3.91. The van der Waals surface area contributed by atoms with Crippen molar-refractivity contribution in [3.63, 3.8) is 0 Å². The minimum absolute atomic E-state index is 0.0142. The Kier molecular flexibility index (Phi) is 5.81. The number of hydrogen-bond donors (Lipinski definition) is 2. The zero-order chi connectivity index (χ0) is 16.8. The summed E-state index contributed by atoms with van der Waals surface area (Å²) in [6.07, 6.45) is 0.0142. The molecule has 1 aromatic rings. The minimum atomic E-state index is -0.346. The lowest BCUT2D eigenvalue weighted by molar-refractivity contribution is -0.124. The summed E-state index contributed by atoms with van der Waals surface area (Å²) in [4.78, 5) is 16.1. The van der Waals surface area contributed by atoms with Gasteiger partial charge in [0.1, 0.15) is 5.71 Å². The molecule has 1 fully saturated rings. The SMILES string of the molecule is CC(CC(=NO)C(=O)N1CCN(c2cccc(Cl)c2)CC1)=NO. The molecule has 0 bridgehead atoms. The molecule has 124 valence electrons. The highest BCUT2D eigenvalue weighted by atomic mass is 35.5. The lowest BCUT2D eigenvalue weighted by atomic mass is 10.1. The van der Waals surface area contributed by atoms with Crippen LogP contribution in [-0.4, -0.2) is 58.8 Å². The number of carbonyl (C=O) groups excluding carboxylic acids is 1. The Balaban J connectivity index is 1.97. The van der Waals surface area contributed by atoms with E-state index in [-0.39, 0.29) is 18.0 Å². The highest BCUT2D eigenvalue weighted by molar-refractivity contribution is 6.41. The number of piperazine rings is 1. The molecule has 0 saturated carbocycles. The maximum atomic E-state index is 12.3. The zero-order valence-electron chi connectivity index (χ0n) is 12.8. The largest absolute Gasteiger partial charge is 0.411 e. The number of nitrogens with zero attached hydrogens (tertiary/aromatic N) is 4. The minimum Gasteiger partial charge on any atom is -0.411 e. The van der Waals surface area contributed by atoms with Gasteiger partial charge < -0.3 is 20.2 Å². The predicted octanol–water partition coefficient (Wildman–Crippen LogP) is 2.06. The average Bonchev–Trinajstić information content (AvgIpc) is 2.59. The molecule has 7 nitrogen and oxygen atoms in total. The van der Waals surface area contributed by atoms with Crippen molar-refractivity contribution in [1.29, 1.82) is 0 Å². The molecule has 1 heterocycles. The van der Waals surface area contributed by atoms with Gasteiger partial charge in [0.15, 0.2) is 0 Å². The van der Waals surface area contributed by atoms with Gasteiger partial charge in [-0.25, -0.2) is 0 Å². The Morgan fingerprint density at radius 1 is 1.22 bits per heavy atom. The molecule has 23 heavy (non-hydrogen) atoms. The lowest BCUT2D eigenvalue weighted by Crippen LogP contribution is -2.50. The molecule has 0 radical (unpaired) electrons. The summed E-state index contributed by atoms with van der Waals surface area (Å²) in [6, 6.07) is 7.58. The van der Waals surface area contributed by atoms with Crippen molar-refractivity contribution in [3.05, 3.63) is 29.3 Å². The van der Waals surface area contributed by atoms with E-state index in [4.69, 9.17) is 22.0 Å². The van der Waals surface area contributed by atoms with Crippen molar-refractivity contribution in [3.8, 4) is 0 Å². The van der Waals surface area contributed by atoms with Crippen LogP contribution in [-0.2, 0) is 4.79 Å². The molecule has 8 heteroatoms. The number of amides is 1. The number of anilines is 1. The van der Waals surface area contributed by atoms with Gasteiger partial charge in [-0.2, -0.15) is 0 Å². The summed E-state index contributed by atoms with van der Waals surface area (Å²) in [5.74, 6) is -0.346. The van der Waals surface area contributed by atoms with Crippen molar-refractivity contribution in [2.45, 2.75) is 13.3 Å². The van der Waals surface area contributed by atoms with E-state index in [0.717, 1.165) is 5.69 Å². The van der Waals surface area contributed by atoms with Gasteiger partial charge in [-0.1, -0.05) is 28.0 Å². The number of carbonyl (C=O) groups is 1. The van der Waals surface area contributed by atoms with E-state index in [9.17, 15) is 4.79 Å². The molecule has 1 amide bonds. The maximum Gasteiger partial charge on any atom is 0.272 e. The summed E-state index contributed by atoms with van der Waals surface area (Å²) < 4.78 is 0. The number of oxime groups is 2. The number of halogens is 1. The molecule has 2 N–H and O–H groups in total. The molecular weight excluding hydrogens is 320 g/mol. The second-order valence-electron chi connectivity index (χ2n) is 5.32. The molecular formula is C15H19ClN4O3. The Hall–Kier alpha value is -2.28. The van der Waals surface area contributed by atoms with Gasteiger partial charge in [0.05, 0.1) is 5.71 Å². The van der Waals surface area contributed by atoms with Crippen LogP contribution in [0, 0.1) is 0 Å². The molecule has 0 unspecified atom stereocenters. The average molecular weight is 339 g/mol. The van der Waals surface area contributed by atoms with Crippen LogP contribution in [0.15, 0.2) is 34.6 Å². The van der Waals surface area contributed by atoms with Crippen LogP contribution in [0.25, 0.3) is 0 Å². The molecule has 1 aliphatic heterocycles. The maximum absolute atomic E-state index is 12.3. The number of hydrogen-bond acceptors (Lipinski definition) is 6. The topological polar surface area (TPSA) is 88.7 Å². The quantitative estimate of drug-likeness (QED) is 0.499. The highest BCUT2D eigenvalue weighted by Crippen LogP contribution is 2.20. The fraction of sp³-hybridized carbons (Fsp3) is 0.400. The first kappa shape index (κ1) is 17.1. The summed E-state index contributed by atoms with van der Waals surface area (Å²) in [5.41, 5.74) is 1.30. The van der Waals surface area contributed by atoms with E-state index in [0.29, 0.717) is 36.9 Å². The first-order chi connectivity index (χ1) is 11.0. The Morgan fingerprint density at radius 3 is 2.48 bits per heavy atom. The van der Waals surface area contributed by atoms with Crippen LogP contribution in [0.4, 0.5) is 5.69 Å². The van der Waals surface area contributed by atoms with Crippen molar-refractivity contribution >= 4 is 34.6 Å². The van der Waals surface area contributed by atoms with Gasteiger partial charge in [-0.3, -0.25) is 4.79 Å². The lowest BCUT2D eigenvalue weighted by Gasteiger charge is -2.36. The van der Waals surface area contributed by atoms with Crippen molar-refractivity contribution in [1.82, 2.24) is 4.90 Å². The van der Waals surface area contributed by atoms with E-state index in [2.05, 4.69) is 15.2 Å². The fourth-order valence-electron chi connectivity index (χ4n) is 2.45. The standard InChI is InChI=1S/C15H19ClN4O3/c1-11(17-22)9-14(18-23)15(21)20-7-5-19(6-8-20)13-4-2-3-12(16)10-13/h2-4,10,22-23H,5-9H2,1H3. The molecule has 2 rings (SSSR count). The van der Waals surface area contributed by atoms with Crippen molar-refractivity contribution in [2.75, 3.05) is 31.1 Å². The van der Waals surface area contributed by atoms with Crippen LogP contribution >= 0.6 is 11.6 Å². The van der Waals surface area contributed by atoms with Gasteiger partial charge in [0, 0.05) is 43.3 Å². The normalized spacial score (nSPS) is 16.6. The monoisotopic (exact) mass is 338 g/mol. The summed E-state index contributed by atoms with van der Waals surface area (Å²) in [7, 11) is 0. The Labute approximate surface area is 139 Å². The smallest absolute Gasteiger partial charge is 0.272 e. The molecule has 0 atom stereocenters. The van der Waals surface area contributed by atoms with Gasteiger partial charge in [0.25, 0.3) is 5.91 Å². The van der Waals surface area contributed by atoms with Crippen LogP contribution < -0.4 is 4.90 Å². The van der Waals surface area contributed by atoms with Gasteiger partial charge in [-0.05, 0) is 25.1 Å². The van der Waals surface area contributed by atoms with Crippen LogP contribution in [0.5, 0.6) is 0 Å². The molecule has 1 aliphatic rings. The van der Waals surface area contributed by atoms with Crippen LogP contribution in [0.1, 0.15) is 13.3 Å². The second-order valence-corrected chi connectivity index (χ2v) is 5.75. The van der Waals surface area contributed by atoms with E-state index >= 15 is 0 Å². The molecule has 0 aliphatic carbocycles. The third-order valence-electron chi connectivity index (χ3n) is 3.70. The van der Waals surface area contributed by atoms with E-state index in [1.54, 1.807) is 11.8 Å². The van der Waals surface area contributed by atoms with E-state index in [1.165, 1.54) is 0 Å². The predicted molar refractivity (Wildman–Crippen MR) is 89.0 cm³/mol. The number of benzene rings is 1. The molecule has 0 spiro atoms. The summed E-state index contributed by atoms with van der Waals surface area (Å²) >= 11 is 6.00. The second kappa shape index (κ2) is 7.82. The Bertz CT molecular complexity index is 625. The van der Waals surface area contributed by atoms with Crippen molar-refractivity contribution < 1.29 is 15.2 Å². The van der Waals surface area contributed by atoms with Crippen LogP contribution in [0.2, 0.25) is 5.02 Å². The first-order valence-electron chi connectivity index (χ1n) is 7.23. The third kappa shape index (κ3) is 4.35. The highest BCUT2D eigenvalue weighted by Gasteiger charge is 2.25.